The number of pyridine rings is 6. The van der Waals surface area contributed by atoms with E-state index in [0.717, 1.165) is 71.2 Å². The topological polar surface area (TPSA) is 137 Å². The fourth-order valence-corrected chi connectivity index (χ4v) is 13.7. The third-order valence-corrected chi connectivity index (χ3v) is 17.0. The van der Waals surface area contributed by atoms with Gasteiger partial charge in [0.1, 0.15) is 0 Å². The SMILES string of the molecule is C=CN=C(C=CC)c1cc(-c2ccc3c4ccccc4c(=O)n4c5ccccc5c2c34)cc(-c2cccc(-c3ccc4c(c3)S(=O)(=O)n3c5ccccc5c5c(-c6cc(-c7ccccn7)nc(-c7ccccn7)c6)ccc-4c53)n2)n1. The molecule has 0 fully saturated rings. The Kier molecular flexibility index (Phi) is 10.5. The predicted molar refractivity (Wildman–Crippen MR) is 322 cm³/mol. The van der Waals surface area contributed by atoms with E-state index in [-0.39, 0.29) is 10.5 Å². The van der Waals surface area contributed by atoms with E-state index in [1.807, 2.05) is 187 Å². The summed E-state index contributed by atoms with van der Waals surface area (Å²) >= 11 is 0. The zero-order valence-corrected chi connectivity index (χ0v) is 43.6. The summed E-state index contributed by atoms with van der Waals surface area (Å²) in [6.07, 6.45) is 8.80. The molecule has 11 nitrogen and oxygen atoms in total. The highest BCUT2D eigenvalue weighted by Gasteiger charge is 2.35. The van der Waals surface area contributed by atoms with E-state index in [2.05, 4.69) is 45.8 Å². The highest BCUT2D eigenvalue weighted by Crippen LogP contribution is 2.49. The molecular weight excluding hydrogens is 1010 g/mol. The van der Waals surface area contributed by atoms with Crippen molar-refractivity contribution >= 4 is 75.5 Å². The number of benzene rings is 6. The first-order valence-corrected chi connectivity index (χ1v) is 27.5. The molecule has 80 heavy (non-hydrogen) atoms. The maximum Gasteiger partial charge on any atom is 0.269 e. The lowest BCUT2D eigenvalue weighted by Crippen LogP contribution is -2.18. The van der Waals surface area contributed by atoms with Crippen LogP contribution in [0.3, 0.4) is 0 Å². The van der Waals surface area contributed by atoms with Gasteiger partial charge in [0, 0.05) is 67.6 Å². The standard InChI is InChI=1S/C68H42N8O3S/c1-3-16-53(69-4-2)57-35-42(43-29-31-47-45-17-5-6-18-49(45)68(77)75-61-25-9-7-19-50(61)64(43)66(47)75)38-60(74-57)56-24-15-23-52(72-56)40-27-28-46-48-32-30-44(65-51-20-8-10-26-62(51)76(67(48)65)80(78,79)63(46)39-40)41-36-58(54-21-11-13-33-70-54)73-59(37-41)55-22-12-14-34-71-55/h3-39H,2H2,1H3. The smallest absolute Gasteiger partial charge is 0.269 e. The van der Waals surface area contributed by atoms with Crippen molar-refractivity contribution in [2.24, 2.45) is 4.99 Å². The van der Waals surface area contributed by atoms with Crippen molar-refractivity contribution in [2.75, 3.05) is 0 Å². The van der Waals surface area contributed by atoms with Crippen LogP contribution in [0, 0.1) is 0 Å². The molecule has 9 heterocycles. The van der Waals surface area contributed by atoms with Crippen LogP contribution in [-0.2, 0) is 10.0 Å². The van der Waals surface area contributed by atoms with E-state index >= 15 is 8.42 Å². The Labute approximate surface area is 457 Å². The number of para-hydroxylation sites is 2. The van der Waals surface area contributed by atoms with E-state index in [0.29, 0.717) is 78.8 Å². The van der Waals surface area contributed by atoms with Crippen molar-refractivity contribution in [3.05, 3.63) is 247 Å². The van der Waals surface area contributed by atoms with Crippen LogP contribution in [0.4, 0.5) is 0 Å². The molecule has 8 aromatic heterocycles. The molecule has 0 amide bonds. The Bertz CT molecular complexity index is 5150. The summed E-state index contributed by atoms with van der Waals surface area (Å²) in [5, 5.41) is 6.04. The number of fused-ring (bicyclic) bond motifs is 10. The number of hydrogen-bond donors (Lipinski definition) is 0. The molecule has 0 spiro atoms. The molecule has 0 atom stereocenters. The minimum absolute atomic E-state index is 0.0711. The molecule has 1 aliphatic heterocycles. The average Bonchev–Trinajstić information content (AvgIpc) is 3.66. The van der Waals surface area contributed by atoms with Gasteiger partial charge < -0.3 is 0 Å². The quantitative estimate of drug-likeness (QED) is 0.103. The summed E-state index contributed by atoms with van der Waals surface area (Å²) in [5.41, 5.74) is 13.9. The molecule has 0 radical (unpaired) electrons. The fourth-order valence-electron chi connectivity index (χ4n) is 11.9. The van der Waals surface area contributed by atoms with Crippen molar-refractivity contribution in [1.29, 1.82) is 0 Å². The molecule has 378 valence electrons. The number of allylic oxidation sites excluding steroid dienone is 2. The van der Waals surface area contributed by atoms with E-state index in [9.17, 15) is 4.79 Å². The summed E-state index contributed by atoms with van der Waals surface area (Å²) in [6, 6.07) is 62.6. The fraction of sp³-hybridized carbons (Fsp3) is 0.0147. The molecule has 0 N–H and O–H groups in total. The van der Waals surface area contributed by atoms with E-state index < -0.39 is 10.0 Å². The molecule has 1 aliphatic rings. The number of rotatable bonds is 9. The van der Waals surface area contributed by atoms with Crippen LogP contribution < -0.4 is 5.56 Å². The Hall–Kier alpha value is -10.6. The highest BCUT2D eigenvalue weighted by atomic mass is 32.2. The van der Waals surface area contributed by atoms with Crippen LogP contribution in [0.15, 0.2) is 246 Å². The Morgan fingerprint density at radius 1 is 0.487 bits per heavy atom. The molecule has 6 aromatic carbocycles. The van der Waals surface area contributed by atoms with Crippen LogP contribution >= 0.6 is 0 Å². The molecule has 15 rings (SSSR count). The van der Waals surface area contributed by atoms with Gasteiger partial charge in [-0.05, 0) is 126 Å². The Morgan fingerprint density at radius 3 is 1.75 bits per heavy atom. The Morgan fingerprint density at radius 2 is 1.05 bits per heavy atom. The van der Waals surface area contributed by atoms with Gasteiger partial charge in [0.2, 0.25) is 0 Å². The molecule has 0 unspecified atom stereocenters. The second-order valence-electron chi connectivity index (χ2n) is 19.8. The lowest BCUT2D eigenvalue weighted by atomic mass is 9.93. The first-order valence-electron chi connectivity index (χ1n) is 26.1. The van der Waals surface area contributed by atoms with Crippen LogP contribution in [0.25, 0.3) is 139 Å². The van der Waals surface area contributed by atoms with Gasteiger partial charge in [0.15, 0.2) is 0 Å². The summed E-state index contributed by atoms with van der Waals surface area (Å²) in [6.45, 7) is 5.84. The minimum Gasteiger partial charge on any atom is -0.275 e. The van der Waals surface area contributed by atoms with E-state index in [1.54, 1.807) is 18.5 Å². The molecule has 12 heteroatoms. The van der Waals surface area contributed by atoms with Gasteiger partial charge in [0.25, 0.3) is 15.6 Å². The zero-order valence-electron chi connectivity index (χ0n) is 42.8. The van der Waals surface area contributed by atoms with Crippen molar-refractivity contribution < 1.29 is 8.42 Å². The van der Waals surface area contributed by atoms with Crippen molar-refractivity contribution in [2.45, 2.75) is 11.8 Å². The zero-order chi connectivity index (χ0) is 53.8. The number of nitrogens with zero attached hydrogens (tertiary/aromatic N) is 8. The molecule has 14 aromatic rings. The van der Waals surface area contributed by atoms with E-state index in [4.69, 9.17) is 15.0 Å². The molecule has 0 aliphatic carbocycles. The normalized spacial score (nSPS) is 13.1. The van der Waals surface area contributed by atoms with Gasteiger partial charge in [0.05, 0.1) is 78.2 Å². The summed E-state index contributed by atoms with van der Waals surface area (Å²) < 4.78 is 34.4. The number of aromatic nitrogens is 7. The van der Waals surface area contributed by atoms with Crippen LogP contribution in [0.2, 0.25) is 0 Å². The summed E-state index contributed by atoms with van der Waals surface area (Å²) in [4.78, 5) is 44.0. The van der Waals surface area contributed by atoms with Gasteiger partial charge in [-0.2, -0.15) is 0 Å². The minimum atomic E-state index is -4.21. The molecular formula is C68H42N8O3S. The molecule has 0 saturated carbocycles. The highest BCUT2D eigenvalue weighted by molar-refractivity contribution is 7.90. The second kappa shape index (κ2) is 18.0. The maximum absolute atomic E-state index is 15.5. The van der Waals surface area contributed by atoms with Crippen LogP contribution in [0.5, 0.6) is 0 Å². The largest absolute Gasteiger partial charge is 0.275 e. The van der Waals surface area contributed by atoms with Crippen molar-refractivity contribution in [1.82, 2.24) is 33.3 Å². The first kappa shape index (κ1) is 46.7. The van der Waals surface area contributed by atoms with Crippen molar-refractivity contribution in [3.63, 3.8) is 0 Å². The van der Waals surface area contributed by atoms with Crippen LogP contribution in [-0.4, -0.2) is 47.4 Å². The summed E-state index contributed by atoms with van der Waals surface area (Å²) in [7, 11) is -4.21. The monoisotopic (exact) mass is 1050 g/mol. The maximum atomic E-state index is 15.5. The van der Waals surface area contributed by atoms with E-state index in [1.165, 1.54) is 10.2 Å². The van der Waals surface area contributed by atoms with Crippen LogP contribution in [0.1, 0.15) is 12.6 Å². The lowest BCUT2D eigenvalue weighted by molar-refractivity contribution is 0.590. The molecule has 0 bridgehead atoms. The van der Waals surface area contributed by atoms with Gasteiger partial charge in [-0.15, -0.1) is 0 Å². The Balaban J connectivity index is 0.886. The van der Waals surface area contributed by atoms with Gasteiger partial charge in [-0.3, -0.25) is 24.2 Å². The third-order valence-electron chi connectivity index (χ3n) is 15.3. The second-order valence-corrected chi connectivity index (χ2v) is 21.5. The van der Waals surface area contributed by atoms with Gasteiger partial charge in [-0.1, -0.05) is 122 Å². The lowest BCUT2D eigenvalue weighted by Gasteiger charge is -2.22. The number of hydrogen-bond acceptors (Lipinski definition) is 9. The third kappa shape index (κ3) is 7.05. The van der Waals surface area contributed by atoms with Crippen molar-refractivity contribution in [3.8, 4) is 78.8 Å². The van der Waals surface area contributed by atoms with Gasteiger partial charge >= 0.3 is 0 Å². The summed E-state index contributed by atoms with van der Waals surface area (Å²) in [5.74, 6) is 0. The van der Waals surface area contributed by atoms with Gasteiger partial charge in [-0.25, -0.2) is 27.3 Å². The average molecular weight is 1050 g/mol. The number of aliphatic imine (C=N–C) groups is 1. The predicted octanol–water partition coefficient (Wildman–Crippen LogP) is 15.0. The molecule has 0 saturated heterocycles. The first-order chi connectivity index (χ1) is 39.3.